The highest BCUT2D eigenvalue weighted by Crippen LogP contribution is 2.22. The fraction of sp³-hybridized carbons (Fsp3) is 0.294. The maximum Gasteiger partial charge on any atom is 0.167 e. The summed E-state index contributed by atoms with van der Waals surface area (Å²) in [6.45, 7) is 0.683. The molecule has 5 heteroatoms. The van der Waals surface area contributed by atoms with Crippen LogP contribution in [0.1, 0.15) is 24.3 Å². The molecule has 0 spiro atoms. The number of hydrogen-bond donors (Lipinski definition) is 1. The minimum atomic E-state index is -0.722. The minimum absolute atomic E-state index is 0.0245. The normalized spacial score (nSPS) is 12.2. The van der Waals surface area contributed by atoms with E-state index in [-0.39, 0.29) is 24.1 Å². The lowest BCUT2D eigenvalue weighted by atomic mass is 9.94. The zero-order valence-electron chi connectivity index (χ0n) is 12.1. The van der Waals surface area contributed by atoms with Gasteiger partial charge in [0.05, 0.1) is 6.61 Å². The van der Waals surface area contributed by atoms with E-state index in [4.69, 9.17) is 10.5 Å². The second-order valence-electron chi connectivity index (χ2n) is 5.05. The fourth-order valence-electron chi connectivity index (χ4n) is 2.29. The molecule has 22 heavy (non-hydrogen) atoms. The van der Waals surface area contributed by atoms with Gasteiger partial charge in [0.2, 0.25) is 0 Å². The van der Waals surface area contributed by atoms with Crippen molar-refractivity contribution in [2.24, 2.45) is 5.73 Å². The lowest BCUT2D eigenvalue weighted by Crippen LogP contribution is -2.14. The molecule has 2 aromatic rings. The Morgan fingerprint density at radius 1 is 1.00 bits per heavy atom. The van der Waals surface area contributed by atoms with Crippen LogP contribution < -0.4 is 10.5 Å². The molecule has 0 amide bonds. The molecule has 0 radical (unpaired) electrons. The first kappa shape index (κ1) is 16.4. The lowest BCUT2D eigenvalue weighted by molar-refractivity contribution is 0.287. The number of halogens is 3. The second kappa shape index (κ2) is 7.84. The van der Waals surface area contributed by atoms with Gasteiger partial charge in [-0.25, -0.2) is 13.2 Å². The highest BCUT2D eigenvalue weighted by Gasteiger charge is 2.11. The highest BCUT2D eigenvalue weighted by molar-refractivity contribution is 5.24. The minimum Gasteiger partial charge on any atom is -0.491 e. The molecule has 0 aromatic heterocycles. The van der Waals surface area contributed by atoms with E-state index in [0.717, 1.165) is 17.7 Å². The standard InChI is InChI=1S/C17H18F3NO/c18-14-5-1-3-12(9-14)13(11-21)4-2-8-22-17-7-6-15(19)10-16(17)20/h1,3,5-7,9-10,13H,2,4,8,11,21H2. The Bertz CT molecular complexity index is 619. The van der Waals surface area contributed by atoms with E-state index in [2.05, 4.69) is 0 Å². The number of benzene rings is 2. The quantitative estimate of drug-likeness (QED) is 0.784. The Morgan fingerprint density at radius 2 is 1.77 bits per heavy atom. The maximum absolute atomic E-state index is 13.4. The molecule has 2 aromatic carbocycles. The first-order valence-electron chi connectivity index (χ1n) is 7.13. The van der Waals surface area contributed by atoms with E-state index < -0.39 is 11.6 Å². The monoisotopic (exact) mass is 309 g/mol. The first-order valence-corrected chi connectivity index (χ1v) is 7.13. The molecule has 2 rings (SSSR count). The highest BCUT2D eigenvalue weighted by atomic mass is 19.1. The van der Waals surface area contributed by atoms with Gasteiger partial charge in [-0.15, -0.1) is 0 Å². The fourth-order valence-corrected chi connectivity index (χ4v) is 2.29. The van der Waals surface area contributed by atoms with E-state index in [1.54, 1.807) is 6.07 Å². The smallest absolute Gasteiger partial charge is 0.167 e. The Morgan fingerprint density at radius 3 is 2.45 bits per heavy atom. The average Bonchev–Trinajstić information content (AvgIpc) is 2.49. The Labute approximate surface area is 127 Å². The summed E-state index contributed by atoms with van der Waals surface area (Å²) in [4.78, 5) is 0. The predicted octanol–water partition coefficient (Wildman–Crippen LogP) is 4.01. The van der Waals surface area contributed by atoms with Gasteiger partial charge in [0.1, 0.15) is 11.6 Å². The molecule has 0 fully saturated rings. The summed E-state index contributed by atoms with van der Waals surface area (Å²) in [5, 5.41) is 0. The van der Waals surface area contributed by atoms with Crippen LogP contribution in [0.3, 0.4) is 0 Å². The molecule has 0 heterocycles. The number of hydrogen-bond acceptors (Lipinski definition) is 2. The molecule has 0 saturated heterocycles. The van der Waals surface area contributed by atoms with Crippen molar-refractivity contribution in [1.29, 1.82) is 0 Å². The van der Waals surface area contributed by atoms with Crippen LogP contribution in [0.2, 0.25) is 0 Å². The molecule has 0 aliphatic rings. The van der Waals surface area contributed by atoms with Gasteiger partial charge in [0, 0.05) is 6.07 Å². The van der Waals surface area contributed by atoms with Crippen LogP contribution in [0, 0.1) is 17.5 Å². The van der Waals surface area contributed by atoms with Crippen LogP contribution >= 0.6 is 0 Å². The van der Waals surface area contributed by atoms with E-state index in [1.807, 2.05) is 6.07 Å². The van der Waals surface area contributed by atoms with Crippen molar-refractivity contribution in [2.75, 3.05) is 13.2 Å². The molecule has 0 aliphatic carbocycles. The van der Waals surface area contributed by atoms with Crippen molar-refractivity contribution in [2.45, 2.75) is 18.8 Å². The summed E-state index contributed by atoms with van der Waals surface area (Å²) in [5.74, 6) is -1.60. The molecule has 0 bridgehead atoms. The Balaban J connectivity index is 1.84. The third-order valence-corrected chi connectivity index (χ3v) is 3.45. The Hall–Kier alpha value is -2.01. The van der Waals surface area contributed by atoms with Crippen LogP contribution in [-0.2, 0) is 0 Å². The molecule has 0 saturated carbocycles. The van der Waals surface area contributed by atoms with Crippen molar-refractivity contribution < 1.29 is 17.9 Å². The lowest BCUT2D eigenvalue weighted by Gasteiger charge is -2.15. The molecular weight excluding hydrogens is 291 g/mol. The van der Waals surface area contributed by atoms with Gasteiger partial charge in [-0.05, 0) is 55.1 Å². The zero-order chi connectivity index (χ0) is 15.9. The van der Waals surface area contributed by atoms with E-state index in [0.29, 0.717) is 19.4 Å². The van der Waals surface area contributed by atoms with Crippen molar-refractivity contribution in [3.8, 4) is 5.75 Å². The third-order valence-electron chi connectivity index (χ3n) is 3.45. The van der Waals surface area contributed by atoms with Gasteiger partial charge < -0.3 is 10.5 Å². The molecule has 1 unspecified atom stereocenters. The molecule has 2 N–H and O–H groups in total. The largest absolute Gasteiger partial charge is 0.491 e. The summed E-state index contributed by atoms with van der Waals surface area (Å²) >= 11 is 0. The van der Waals surface area contributed by atoms with E-state index in [1.165, 1.54) is 18.2 Å². The van der Waals surface area contributed by atoms with Crippen molar-refractivity contribution >= 4 is 0 Å². The van der Waals surface area contributed by atoms with Crippen molar-refractivity contribution in [3.63, 3.8) is 0 Å². The van der Waals surface area contributed by atoms with Crippen LogP contribution in [-0.4, -0.2) is 13.2 Å². The molecule has 2 nitrogen and oxygen atoms in total. The maximum atomic E-state index is 13.4. The topological polar surface area (TPSA) is 35.2 Å². The van der Waals surface area contributed by atoms with Gasteiger partial charge in [-0.1, -0.05) is 12.1 Å². The van der Waals surface area contributed by atoms with Gasteiger partial charge in [0.15, 0.2) is 11.6 Å². The van der Waals surface area contributed by atoms with Gasteiger partial charge >= 0.3 is 0 Å². The van der Waals surface area contributed by atoms with E-state index >= 15 is 0 Å². The third kappa shape index (κ3) is 4.49. The average molecular weight is 309 g/mol. The first-order chi connectivity index (χ1) is 10.6. The van der Waals surface area contributed by atoms with Crippen LogP contribution in [0.5, 0.6) is 5.75 Å². The van der Waals surface area contributed by atoms with Crippen LogP contribution in [0.15, 0.2) is 42.5 Å². The number of nitrogens with two attached hydrogens (primary N) is 1. The van der Waals surface area contributed by atoms with Crippen molar-refractivity contribution in [3.05, 3.63) is 65.5 Å². The zero-order valence-corrected chi connectivity index (χ0v) is 12.1. The second-order valence-corrected chi connectivity index (χ2v) is 5.05. The molecule has 118 valence electrons. The SMILES string of the molecule is NCC(CCCOc1ccc(F)cc1F)c1cccc(F)c1. The Kier molecular flexibility index (Phi) is 5.83. The molecular formula is C17H18F3NO. The van der Waals surface area contributed by atoms with Gasteiger partial charge in [-0.2, -0.15) is 0 Å². The number of ether oxygens (including phenoxy) is 1. The summed E-state index contributed by atoms with van der Waals surface area (Å²) in [6.07, 6.45) is 1.33. The van der Waals surface area contributed by atoms with Crippen LogP contribution in [0.25, 0.3) is 0 Å². The van der Waals surface area contributed by atoms with E-state index in [9.17, 15) is 13.2 Å². The summed E-state index contributed by atoms with van der Waals surface area (Å²) in [5.41, 5.74) is 6.57. The summed E-state index contributed by atoms with van der Waals surface area (Å²) in [6, 6.07) is 9.53. The van der Waals surface area contributed by atoms with Crippen molar-refractivity contribution in [1.82, 2.24) is 0 Å². The summed E-state index contributed by atoms with van der Waals surface area (Å²) in [7, 11) is 0. The predicted molar refractivity (Wildman–Crippen MR) is 79.3 cm³/mol. The van der Waals surface area contributed by atoms with Gasteiger partial charge in [-0.3, -0.25) is 0 Å². The molecule has 1 atom stereocenters. The summed E-state index contributed by atoms with van der Waals surface area (Å²) < 4.78 is 44.7. The molecule has 0 aliphatic heterocycles. The van der Waals surface area contributed by atoms with Crippen LogP contribution in [0.4, 0.5) is 13.2 Å². The number of rotatable bonds is 7. The van der Waals surface area contributed by atoms with Gasteiger partial charge in [0.25, 0.3) is 0 Å².